The minimum Gasteiger partial charge on any atom is -0.350 e. The molecule has 2 aromatic carbocycles. The van der Waals surface area contributed by atoms with E-state index in [1.807, 2.05) is 0 Å². The zero-order chi connectivity index (χ0) is 18.7. The SMILES string of the molecule is CN(CC(=O)NCc1ccc(F)cc1)C(=O)c1ccc2c(c1)nnn2C. The van der Waals surface area contributed by atoms with Crippen LogP contribution in [0.2, 0.25) is 0 Å². The van der Waals surface area contributed by atoms with E-state index < -0.39 is 0 Å². The highest BCUT2D eigenvalue weighted by Gasteiger charge is 2.16. The number of carbonyl (C=O) groups excluding carboxylic acids is 2. The zero-order valence-electron chi connectivity index (χ0n) is 14.4. The number of nitrogens with one attached hydrogen (secondary N) is 1. The Morgan fingerprint density at radius 2 is 1.92 bits per heavy atom. The molecule has 8 heteroatoms. The Hall–Kier alpha value is -3.29. The lowest BCUT2D eigenvalue weighted by Crippen LogP contribution is -2.38. The van der Waals surface area contributed by atoms with E-state index in [9.17, 15) is 14.0 Å². The second-order valence-electron chi connectivity index (χ2n) is 5.98. The van der Waals surface area contributed by atoms with E-state index >= 15 is 0 Å². The lowest BCUT2D eigenvalue weighted by atomic mass is 10.1. The molecule has 0 saturated heterocycles. The van der Waals surface area contributed by atoms with E-state index in [0.717, 1.165) is 11.1 Å². The molecule has 26 heavy (non-hydrogen) atoms. The fraction of sp³-hybridized carbons (Fsp3) is 0.222. The summed E-state index contributed by atoms with van der Waals surface area (Å²) in [6, 6.07) is 11.0. The molecule has 0 bridgehead atoms. The highest BCUT2D eigenvalue weighted by atomic mass is 19.1. The van der Waals surface area contributed by atoms with E-state index in [1.165, 1.54) is 17.0 Å². The van der Waals surface area contributed by atoms with Gasteiger partial charge < -0.3 is 10.2 Å². The number of fused-ring (bicyclic) bond motifs is 1. The van der Waals surface area contributed by atoms with Gasteiger partial charge in [-0.3, -0.25) is 9.59 Å². The van der Waals surface area contributed by atoms with Crippen molar-refractivity contribution in [3.8, 4) is 0 Å². The third-order valence-electron chi connectivity index (χ3n) is 3.99. The van der Waals surface area contributed by atoms with Crippen LogP contribution in [0.25, 0.3) is 11.0 Å². The summed E-state index contributed by atoms with van der Waals surface area (Å²) < 4.78 is 14.5. The van der Waals surface area contributed by atoms with Crippen molar-refractivity contribution in [2.75, 3.05) is 13.6 Å². The number of hydrogen-bond donors (Lipinski definition) is 1. The molecule has 0 aliphatic carbocycles. The molecule has 1 aromatic heterocycles. The monoisotopic (exact) mass is 355 g/mol. The molecule has 0 fully saturated rings. The number of likely N-dealkylation sites (N-methyl/N-ethyl adjacent to an activating group) is 1. The lowest BCUT2D eigenvalue weighted by molar-refractivity contribution is -0.121. The summed E-state index contributed by atoms with van der Waals surface area (Å²) in [6.07, 6.45) is 0. The smallest absolute Gasteiger partial charge is 0.254 e. The molecule has 0 saturated carbocycles. The van der Waals surface area contributed by atoms with E-state index in [0.29, 0.717) is 11.1 Å². The molecule has 3 aromatic rings. The Balaban J connectivity index is 1.58. The van der Waals surface area contributed by atoms with Crippen LogP contribution in [0.3, 0.4) is 0 Å². The van der Waals surface area contributed by atoms with Crippen LogP contribution in [0.1, 0.15) is 15.9 Å². The molecule has 134 valence electrons. The number of aromatic nitrogens is 3. The third-order valence-corrected chi connectivity index (χ3v) is 3.99. The number of amides is 2. The van der Waals surface area contributed by atoms with Gasteiger partial charge in [0.05, 0.1) is 12.1 Å². The quantitative estimate of drug-likeness (QED) is 0.752. The topological polar surface area (TPSA) is 80.1 Å². The number of benzene rings is 2. The molecule has 0 atom stereocenters. The summed E-state index contributed by atoms with van der Waals surface area (Å²) in [5, 5.41) is 10.6. The van der Waals surface area contributed by atoms with Gasteiger partial charge in [0.25, 0.3) is 5.91 Å². The van der Waals surface area contributed by atoms with Crippen LogP contribution in [0.4, 0.5) is 4.39 Å². The summed E-state index contributed by atoms with van der Waals surface area (Å²) in [5.74, 6) is -0.911. The summed E-state index contributed by atoms with van der Waals surface area (Å²) in [6.45, 7) is 0.186. The van der Waals surface area contributed by atoms with E-state index in [4.69, 9.17) is 0 Å². The number of aryl methyl sites for hydroxylation is 1. The van der Waals surface area contributed by atoms with Gasteiger partial charge in [-0.2, -0.15) is 0 Å². The van der Waals surface area contributed by atoms with Gasteiger partial charge in [0.15, 0.2) is 0 Å². The molecular formula is C18H18FN5O2. The highest BCUT2D eigenvalue weighted by molar-refractivity contribution is 5.98. The number of carbonyl (C=O) groups is 2. The van der Waals surface area contributed by atoms with Crippen LogP contribution < -0.4 is 5.32 Å². The van der Waals surface area contributed by atoms with Crippen molar-refractivity contribution in [2.24, 2.45) is 7.05 Å². The van der Waals surface area contributed by atoms with Crippen molar-refractivity contribution in [3.05, 3.63) is 59.4 Å². The van der Waals surface area contributed by atoms with Crippen LogP contribution in [0.5, 0.6) is 0 Å². The van der Waals surface area contributed by atoms with E-state index in [1.54, 1.807) is 49.1 Å². The first-order valence-electron chi connectivity index (χ1n) is 8.00. The first-order valence-corrected chi connectivity index (χ1v) is 8.00. The molecule has 0 radical (unpaired) electrons. The number of hydrogen-bond acceptors (Lipinski definition) is 4. The van der Waals surface area contributed by atoms with Crippen molar-refractivity contribution < 1.29 is 14.0 Å². The molecular weight excluding hydrogens is 337 g/mol. The predicted octanol–water partition coefficient (Wildman–Crippen LogP) is 1.50. The molecule has 2 amide bonds. The summed E-state index contributed by atoms with van der Waals surface area (Å²) in [7, 11) is 3.33. The summed E-state index contributed by atoms with van der Waals surface area (Å²) in [5.41, 5.74) is 2.66. The van der Waals surface area contributed by atoms with Crippen LogP contribution >= 0.6 is 0 Å². The minimum absolute atomic E-state index is 0.0848. The zero-order valence-corrected chi connectivity index (χ0v) is 14.4. The maximum Gasteiger partial charge on any atom is 0.254 e. The number of rotatable bonds is 5. The van der Waals surface area contributed by atoms with Crippen LogP contribution in [-0.2, 0) is 18.4 Å². The average molecular weight is 355 g/mol. The first kappa shape index (κ1) is 17.5. The molecule has 3 rings (SSSR count). The van der Waals surface area contributed by atoms with E-state index in [2.05, 4.69) is 15.6 Å². The molecule has 1 heterocycles. The van der Waals surface area contributed by atoms with Gasteiger partial charge in [-0.15, -0.1) is 5.10 Å². The van der Waals surface area contributed by atoms with Gasteiger partial charge in [-0.05, 0) is 35.9 Å². The fourth-order valence-corrected chi connectivity index (χ4v) is 2.54. The largest absolute Gasteiger partial charge is 0.350 e. The van der Waals surface area contributed by atoms with Crippen LogP contribution in [0, 0.1) is 5.82 Å². The molecule has 7 nitrogen and oxygen atoms in total. The predicted molar refractivity (Wildman–Crippen MR) is 93.7 cm³/mol. The molecule has 0 unspecified atom stereocenters. The van der Waals surface area contributed by atoms with E-state index in [-0.39, 0.29) is 30.7 Å². The normalized spacial score (nSPS) is 10.7. The fourth-order valence-electron chi connectivity index (χ4n) is 2.54. The van der Waals surface area contributed by atoms with Gasteiger partial charge in [-0.25, -0.2) is 9.07 Å². The Labute approximate surface area is 149 Å². The van der Waals surface area contributed by atoms with Crippen molar-refractivity contribution in [1.82, 2.24) is 25.2 Å². The highest BCUT2D eigenvalue weighted by Crippen LogP contribution is 2.13. The Kier molecular flexibility index (Phi) is 4.92. The average Bonchev–Trinajstić information content (AvgIpc) is 3.01. The number of halogens is 1. The van der Waals surface area contributed by atoms with Gasteiger partial charge in [0, 0.05) is 26.2 Å². The van der Waals surface area contributed by atoms with Gasteiger partial charge in [0.1, 0.15) is 11.3 Å². The van der Waals surface area contributed by atoms with Gasteiger partial charge in [-0.1, -0.05) is 17.3 Å². The second-order valence-corrected chi connectivity index (χ2v) is 5.98. The number of nitrogens with zero attached hydrogens (tertiary/aromatic N) is 4. The first-order chi connectivity index (χ1) is 12.4. The maximum atomic E-state index is 12.9. The van der Waals surface area contributed by atoms with Crippen molar-refractivity contribution in [1.29, 1.82) is 0 Å². The lowest BCUT2D eigenvalue weighted by Gasteiger charge is -2.17. The maximum absolute atomic E-state index is 12.9. The van der Waals surface area contributed by atoms with Gasteiger partial charge >= 0.3 is 0 Å². The molecule has 0 spiro atoms. The van der Waals surface area contributed by atoms with Crippen molar-refractivity contribution in [3.63, 3.8) is 0 Å². The van der Waals surface area contributed by atoms with Crippen LogP contribution in [-0.4, -0.2) is 45.3 Å². The molecule has 1 N–H and O–H groups in total. The Morgan fingerprint density at radius 3 is 2.65 bits per heavy atom. The van der Waals surface area contributed by atoms with Crippen molar-refractivity contribution >= 4 is 22.8 Å². The Morgan fingerprint density at radius 1 is 1.19 bits per heavy atom. The second kappa shape index (κ2) is 7.30. The van der Waals surface area contributed by atoms with Gasteiger partial charge in [0.2, 0.25) is 5.91 Å². The molecule has 0 aliphatic heterocycles. The molecule has 0 aliphatic rings. The summed E-state index contributed by atoms with van der Waals surface area (Å²) >= 11 is 0. The minimum atomic E-state index is -0.328. The van der Waals surface area contributed by atoms with Crippen molar-refractivity contribution in [2.45, 2.75) is 6.54 Å². The van der Waals surface area contributed by atoms with Crippen LogP contribution in [0.15, 0.2) is 42.5 Å². The Bertz CT molecular complexity index is 952. The third kappa shape index (κ3) is 3.85. The summed E-state index contributed by atoms with van der Waals surface area (Å²) in [4.78, 5) is 25.9. The standard InChI is InChI=1S/C18H18FN5O2/c1-23(11-17(25)20-10-12-3-6-14(19)7-4-12)18(26)13-5-8-16-15(9-13)21-22-24(16)2/h3-9H,10-11H2,1-2H3,(H,20,25).